The Morgan fingerprint density at radius 2 is 1.12 bits per heavy atom. The molecule has 2 aromatic heterocycles. The van der Waals surface area contributed by atoms with Gasteiger partial charge in [-0.3, -0.25) is 5.10 Å². The fraction of sp³-hybridized carbons (Fsp3) is 0.559. The summed E-state index contributed by atoms with van der Waals surface area (Å²) in [6, 6.07) is 34.9. The Morgan fingerprint density at radius 1 is 0.583 bits per heavy atom. The first kappa shape index (κ1) is 66.8. The van der Waals surface area contributed by atoms with Crippen molar-refractivity contribution in [3.63, 3.8) is 0 Å². The van der Waals surface area contributed by atoms with Crippen molar-refractivity contribution in [1.82, 2.24) is 30.6 Å². The molecule has 4 atom stereocenters. The number of hydrogen-bond acceptors (Lipinski definition) is 11. The van der Waals surface area contributed by atoms with Gasteiger partial charge in [0, 0.05) is 76.1 Å². The first-order chi connectivity index (χ1) is 39.8. The Morgan fingerprint density at radius 3 is 1.67 bits per heavy atom. The summed E-state index contributed by atoms with van der Waals surface area (Å²) in [5, 5.41) is 40.6. The molecule has 0 radical (unpaired) electrons. The average Bonchev–Trinajstić information content (AvgIpc) is 4.26. The van der Waals surface area contributed by atoms with Crippen molar-refractivity contribution in [2.75, 3.05) is 68.8 Å². The van der Waals surface area contributed by atoms with Crippen LogP contribution in [0.25, 0.3) is 46.1 Å². The molecule has 16 heteroatoms. The van der Waals surface area contributed by atoms with Crippen LogP contribution in [0.2, 0.25) is 61.9 Å². The van der Waals surface area contributed by atoms with E-state index < -0.39 is 24.7 Å². The van der Waals surface area contributed by atoms with Crippen molar-refractivity contribution < 1.29 is 23.8 Å². The van der Waals surface area contributed by atoms with Crippen LogP contribution in [0.5, 0.6) is 0 Å². The SMILES string of the molecule is CC(C)(C)[Si](C)(C)OC1CCCN(c2ccc3c(c2)c(/C=C/c2ccccc2)nn3COCC[Si](C)(C)C)C1.CC(C)(C)[Si](C)(C)OC1CCCNC1.OC1CCCN(c2ccc3[nH]nc(/C=C/c4ccccc4)c3c2)C1.OC1CCCNC1. The van der Waals surface area contributed by atoms with Gasteiger partial charge in [0.05, 0.1) is 46.8 Å². The molecule has 4 fully saturated rings. The average molecular weight is 1200 g/mol. The number of nitrogens with zero attached hydrogens (tertiary/aromatic N) is 5. The molecular formula is C68H106N8O5Si3. The van der Waals surface area contributed by atoms with Gasteiger partial charge in [-0.15, -0.1) is 0 Å². The number of piperidine rings is 4. The van der Waals surface area contributed by atoms with E-state index in [-0.39, 0.29) is 23.4 Å². The van der Waals surface area contributed by atoms with Crippen LogP contribution in [-0.4, -0.2) is 138 Å². The van der Waals surface area contributed by atoms with Crippen LogP contribution in [0.4, 0.5) is 11.4 Å². The maximum atomic E-state index is 9.91. The second kappa shape index (κ2) is 30.8. The van der Waals surface area contributed by atoms with Crippen LogP contribution in [0.15, 0.2) is 97.1 Å². The number of ether oxygens (including phenoxy) is 1. The van der Waals surface area contributed by atoms with Crippen LogP contribution in [0.1, 0.15) is 115 Å². The van der Waals surface area contributed by atoms with Gasteiger partial charge in [-0.2, -0.15) is 10.2 Å². The lowest BCUT2D eigenvalue weighted by Crippen LogP contribution is -2.49. The third kappa shape index (κ3) is 20.4. The molecule has 4 aromatic carbocycles. The van der Waals surface area contributed by atoms with E-state index >= 15 is 0 Å². The number of aliphatic hydroxyl groups excluding tert-OH is 2. The van der Waals surface area contributed by atoms with Gasteiger partial charge >= 0.3 is 0 Å². The summed E-state index contributed by atoms with van der Waals surface area (Å²) in [7, 11) is -4.47. The van der Waals surface area contributed by atoms with E-state index in [1.54, 1.807) is 0 Å². The predicted molar refractivity (Wildman–Crippen MR) is 364 cm³/mol. The highest BCUT2D eigenvalue weighted by molar-refractivity contribution is 6.76. The second-order valence-electron chi connectivity index (χ2n) is 27.9. The minimum atomic E-state index is -1.80. The van der Waals surface area contributed by atoms with Gasteiger partial charge in [0.2, 0.25) is 0 Å². The molecule has 5 N–H and O–H groups in total. The summed E-state index contributed by atoms with van der Waals surface area (Å²) in [6.07, 6.45) is 17.7. The molecule has 4 saturated heterocycles. The van der Waals surface area contributed by atoms with Crippen LogP contribution < -0.4 is 20.4 Å². The maximum Gasteiger partial charge on any atom is 0.192 e. The topological polar surface area (TPSA) is 145 Å². The molecular weight excluding hydrogens is 1090 g/mol. The van der Waals surface area contributed by atoms with E-state index in [4.69, 9.17) is 23.8 Å². The lowest BCUT2D eigenvalue weighted by atomic mass is 10.1. The number of fused-ring (bicyclic) bond motifs is 2. The Hall–Kier alpha value is -4.73. The quantitative estimate of drug-likeness (QED) is 0.0495. The molecule has 4 aliphatic heterocycles. The van der Waals surface area contributed by atoms with Crippen molar-refractivity contribution in [3.05, 3.63) is 120 Å². The second-order valence-corrected chi connectivity index (χ2v) is 43.1. The maximum absolute atomic E-state index is 9.91. The van der Waals surface area contributed by atoms with Crippen molar-refractivity contribution >= 4 is 82.2 Å². The number of rotatable bonds is 15. The molecule has 0 saturated carbocycles. The molecule has 84 heavy (non-hydrogen) atoms. The number of benzene rings is 4. The van der Waals surface area contributed by atoms with Gasteiger partial charge in [0.25, 0.3) is 0 Å². The number of hydrogen-bond donors (Lipinski definition) is 5. The third-order valence-corrected chi connectivity index (χ3v) is 28.4. The number of nitrogens with one attached hydrogen (secondary N) is 3. The van der Waals surface area contributed by atoms with E-state index in [0.717, 1.165) is 136 Å². The Labute approximate surface area is 508 Å². The molecule has 4 aliphatic rings. The third-order valence-electron chi connectivity index (χ3n) is 17.6. The summed E-state index contributed by atoms with van der Waals surface area (Å²) in [5.74, 6) is 0. The highest BCUT2D eigenvalue weighted by Gasteiger charge is 2.41. The highest BCUT2D eigenvalue weighted by Crippen LogP contribution is 2.40. The zero-order valence-corrected chi connectivity index (χ0v) is 56.6. The molecule has 460 valence electrons. The number of anilines is 2. The molecule has 0 amide bonds. The summed E-state index contributed by atoms with van der Waals surface area (Å²) in [6.45, 7) is 39.5. The van der Waals surface area contributed by atoms with E-state index in [0.29, 0.717) is 24.4 Å². The predicted octanol–water partition coefficient (Wildman–Crippen LogP) is 14.7. The van der Waals surface area contributed by atoms with Gasteiger partial charge in [0.15, 0.2) is 16.6 Å². The highest BCUT2D eigenvalue weighted by atomic mass is 28.4. The van der Waals surface area contributed by atoms with E-state index in [2.05, 4.69) is 209 Å². The van der Waals surface area contributed by atoms with Crippen LogP contribution in [0.3, 0.4) is 0 Å². The lowest BCUT2D eigenvalue weighted by Gasteiger charge is -2.43. The monoisotopic (exact) mass is 1200 g/mol. The summed E-state index contributed by atoms with van der Waals surface area (Å²) >= 11 is 0. The van der Waals surface area contributed by atoms with Crippen LogP contribution in [0, 0.1) is 0 Å². The van der Waals surface area contributed by atoms with Gasteiger partial charge in [-0.05, 0) is 166 Å². The molecule has 4 unspecified atom stereocenters. The minimum absolute atomic E-state index is 0.0752. The number of aliphatic hydroxyl groups is 2. The van der Waals surface area contributed by atoms with E-state index in [1.807, 2.05) is 35.0 Å². The zero-order chi connectivity index (χ0) is 60.5. The fourth-order valence-corrected chi connectivity index (χ4v) is 13.9. The standard InChI is InChI=1S/C32H49N3O2Si2.C20H21N3O.C11H25NOSi.C5H11NO/c1-32(2,3)39(7,8)37-28-15-12-20-34(24-28)27-17-19-31-29(23-27)30(18-16-26-13-10-9-11-14-26)33-35(31)25-36-21-22-38(4,5)6;24-17-7-4-12-23(14-17)16-9-11-20-18(13-16)19(21-22-20)10-8-15-5-2-1-3-6-15;1-11(2,3)14(4,5)13-10-7-6-8-12-9-10;7-5-2-1-3-6-4-5/h9-11,13-14,16-19,23,28H,12,15,20-22,24-25H2,1-8H3;1-3,5-6,8-11,13,17,24H,4,7,12,14H2,(H,21,22);10,12H,6-9H2,1-5H3;5-7H,1-4H2/b18-16+;10-8+;;. The largest absolute Gasteiger partial charge is 0.413 e. The van der Waals surface area contributed by atoms with Gasteiger partial charge < -0.3 is 44.2 Å². The number of β-amino-alcohol motifs (C(OH)–C–C–N with tert-alkyl or cyclic N) is 2. The molecule has 0 aliphatic carbocycles. The zero-order valence-electron chi connectivity index (χ0n) is 53.6. The van der Waals surface area contributed by atoms with Gasteiger partial charge in [-0.1, -0.05) is 134 Å². The minimum Gasteiger partial charge on any atom is -0.413 e. The summed E-state index contributed by atoms with van der Waals surface area (Å²) in [5.41, 5.74) is 8.79. The Balaban J connectivity index is 0.000000188. The smallest absolute Gasteiger partial charge is 0.192 e. The molecule has 13 nitrogen and oxygen atoms in total. The van der Waals surface area contributed by atoms with Crippen molar-refractivity contribution in [3.8, 4) is 0 Å². The van der Waals surface area contributed by atoms with Crippen molar-refractivity contribution in [2.45, 2.75) is 186 Å². The van der Waals surface area contributed by atoms with Crippen molar-refractivity contribution in [1.29, 1.82) is 0 Å². The van der Waals surface area contributed by atoms with E-state index in [1.165, 1.54) is 29.5 Å². The molecule has 0 bridgehead atoms. The van der Waals surface area contributed by atoms with Gasteiger partial charge in [-0.25, -0.2) is 4.68 Å². The molecule has 6 heterocycles. The van der Waals surface area contributed by atoms with Crippen LogP contribution >= 0.6 is 0 Å². The Bertz CT molecular complexity index is 2970. The van der Waals surface area contributed by atoms with Crippen molar-refractivity contribution in [2.24, 2.45) is 0 Å². The van der Waals surface area contributed by atoms with Gasteiger partial charge in [0.1, 0.15) is 6.73 Å². The summed E-state index contributed by atoms with van der Waals surface area (Å²) < 4.78 is 21.3. The first-order valence-electron chi connectivity index (χ1n) is 31.5. The lowest BCUT2D eigenvalue weighted by molar-refractivity contribution is 0.0816. The van der Waals surface area contributed by atoms with Crippen LogP contribution in [-0.2, 0) is 20.3 Å². The molecule has 10 rings (SSSR count). The summed E-state index contributed by atoms with van der Waals surface area (Å²) in [4.78, 5) is 4.76. The fourth-order valence-electron chi connectivity index (χ4n) is 10.4. The normalized spacial score (nSPS) is 20.3. The first-order valence-corrected chi connectivity index (χ1v) is 41.0. The number of H-pyrrole nitrogens is 1. The molecule has 6 aromatic rings. The Kier molecular flexibility index (Phi) is 24.5. The number of aromatic amines is 1. The molecule has 0 spiro atoms. The van der Waals surface area contributed by atoms with E-state index in [9.17, 15) is 5.11 Å². The number of aromatic nitrogens is 4.